The van der Waals surface area contributed by atoms with Gasteiger partial charge in [0.25, 0.3) is 5.91 Å². The molecular weight excluding hydrogens is 333 g/mol. The summed E-state index contributed by atoms with van der Waals surface area (Å²) in [7, 11) is 0. The fourth-order valence-corrected chi connectivity index (χ4v) is 2.58. The van der Waals surface area contributed by atoms with Gasteiger partial charge in [-0.2, -0.15) is 0 Å². The summed E-state index contributed by atoms with van der Waals surface area (Å²) in [6.07, 6.45) is 0.826. The predicted molar refractivity (Wildman–Crippen MR) is 95.5 cm³/mol. The van der Waals surface area contributed by atoms with Gasteiger partial charge in [0.1, 0.15) is 10.8 Å². The van der Waals surface area contributed by atoms with E-state index in [1.165, 1.54) is 5.69 Å². The highest BCUT2D eigenvalue weighted by molar-refractivity contribution is 6.34. The Balaban J connectivity index is 1.82. The fourth-order valence-electron chi connectivity index (χ4n) is 2.24. The summed E-state index contributed by atoms with van der Waals surface area (Å²) in [4.78, 5) is 18.3. The van der Waals surface area contributed by atoms with Crippen molar-refractivity contribution >= 4 is 34.8 Å². The standard InChI is InChI=1S/C17H19Cl2N3O/c1-2-22(13-7-4-3-5-8-13)12-6-11-20-17(23)16-14(18)9-10-15(19)21-16/h3-5,7-10H,2,6,11-12H2,1H3,(H,20,23). The van der Waals surface area contributed by atoms with E-state index in [-0.39, 0.29) is 16.8 Å². The van der Waals surface area contributed by atoms with Gasteiger partial charge in [-0.3, -0.25) is 4.79 Å². The molecule has 0 saturated carbocycles. The third-order valence-corrected chi connectivity index (χ3v) is 3.94. The van der Waals surface area contributed by atoms with E-state index in [4.69, 9.17) is 23.2 Å². The van der Waals surface area contributed by atoms with Crippen LogP contribution < -0.4 is 10.2 Å². The summed E-state index contributed by atoms with van der Waals surface area (Å²) in [6.45, 7) is 4.44. The maximum atomic E-state index is 12.1. The van der Waals surface area contributed by atoms with Gasteiger partial charge in [-0.25, -0.2) is 4.98 Å². The largest absolute Gasteiger partial charge is 0.372 e. The molecule has 1 heterocycles. The van der Waals surface area contributed by atoms with Crippen molar-refractivity contribution in [1.29, 1.82) is 0 Å². The van der Waals surface area contributed by atoms with Gasteiger partial charge in [0.15, 0.2) is 0 Å². The number of nitrogens with one attached hydrogen (secondary N) is 1. The van der Waals surface area contributed by atoms with Gasteiger partial charge >= 0.3 is 0 Å². The second-order valence-corrected chi connectivity index (χ2v) is 5.78. The Morgan fingerprint density at radius 3 is 2.61 bits per heavy atom. The molecule has 0 aliphatic carbocycles. The average Bonchev–Trinajstić information content (AvgIpc) is 2.57. The summed E-state index contributed by atoms with van der Waals surface area (Å²) in [5.74, 6) is -0.305. The first kappa shape index (κ1) is 17.6. The lowest BCUT2D eigenvalue weighted by molar-refractivity contribution is 0.0948. The number of para-hydroxylation sites is 1. The molecule has 4 nitrogen and oxygen atoms in total. The van der Waals surface area contributed by atoms with Crippen LogP contribution in [-0.4, -0.2) is 30.5 Å². The van der Waals surface area contributed by atoms with Crippen molar-refractivity contribution in [3.05, 3.63) is 58.3 Å². The van der Waals surface area contributed by atoms with Crippen LogP contribution in [0, 0.1) is 0 Å². The van der Waals surface area contributed by atoms with Gasteiger partial charge in [-0.05, 0) is 37.6 Å². The molecule has 0 spiro atoms. The molecule has 23 heavy (non-hydrogen) atoms. The maximum absolute atomic E-state index is 12.1. The van der Waals surface area contributed by atoms with E-state index in [9.17, 15) is 4.79 Å². The number of carbonyl (C=O) groups is 1. The highest BCUT2D eigenvalue weighted by atomic mass is 35.5. The number of pyridine rings is 1. The molecule has 0 atom stereocenters. The quantitative estimate of drug-likeness (QED) is 0.604. The molecule has 2 rings (SSSR count). The Morgan fingerprint density at radius 1 is 1.17 bits per heavy atom. The van der Waals surface area contributed by atoms with Crippen LogP contribution in [0.4, 0.5) is 5.69 Å². The zero-order valence-corrected chi connectivity index (χ0v) is 14.4. The Labute approximate surface area is 146 Å². The third-order valence-electron chi connectivity index (χ3n) is 3.42. The SMILES string of the molecule is CCN(CCCNC(=O)c1nc(Cl)ccc1Cl)c1ccccc1. The molecule has 0 fully saturated rings. The molecule has 1 amide bonds. The molecular formula is C17H19Cl2N3O. The molecule has 1 N–H and O–H groups in total. The molecule has 0 aliphatic rings. The van der Waals surface area contributed by atoms with Gasteiger partial charge < -0.3 is 10.2 Å². The summed E-state index contributed by atoms with van der Waals surface area (Å²) >= 11 is 11.8. The van der Waals surface area contributed by atoms with Gasteiger partial charge in [-0.1, -0.05) is 41.4 Å². The first-order valence-electron chi connectivity index (χ1n) is 7.52. The lowest BCUT2D eigenvalue weighted by Crippen LogP contribution is -2.30. The molecule has 0 saturated heterocycles. The van der Waals surface area contributed by atoms with E-state index in [0.717, 1.165) is 19.5 Å². The average molecular weight is 352 g/mol. The van der Waals surface area contributed by atoms with Gasteiger partial charge in [0.05, 0.1) is 5.02 Å². The predicted octanol–water partition coefficient (Wildman–Crippen LogP) is 4.03. The second kappa shape index (κ2) is 8.75. The van der Waals surface area contributed by atoms with Crippen LogP contribution in [0.3, 0.4) is 0 Å². The molecule has 0 radical (unpaired) electrons. The number of benzene rings is 1. The number of hydrogen-bond donors (Lipinski definition) is 1. The van der Waals surface area contributed by atoms with Crippen molar-refractivity contribution in [2.45, 2.75) is 13.3 Å². The van der Waals surface area contributed by atoms with Gasteiger partial charge in [0.2, 0.25) is 0 Å². The molecule has 1 aromatic carbocycles. The fraction of sp³-hybridized carbons (Fsp3) is 0.294. The van der Waals surface area contributed by atoms with Crippen molar-refractivity contribution < 1.29 is 4.79 Å². The maximum Gasteiger partial charge on any atom is 0.271 e. The Kier molecular flexibility index (Phi) is 6.68. The molecule has 1 aromatic heterocycles. The topological polar surface area (TPSA) is 45.2 Å². The number of anilines is 1. The Bertz CT molecular complexity index is 650. The van der Waals surface area contributed by atoms with E-state index in [0.29, 0.717) is 11.6 Å². The molecule has 0 unspecified atom stereocenters. The third kappa shape index (κ3) is 5.12. The number of carbonyl (C=O) groups excluding carboxylic acids is 1. The van der Waals surface area contributed by atoms with Crippen LogP contribution in [0.25, 0.3) is 0 Å². The van der Waals surface area contributed by atoms with Crippen LogP contribution in [-0.2, 0) is 0 Å². The van der Waals surface area contributed by atoms with Crippen LogP contribution in [0.15, 0.2) is 42.5 Å². The summed E-state index contributed by atoms with van der Waals surface area (Å²) < 4.78 is 0. The first-order chi connectivity index (χ1) is 11.1. The molecule has 6 heteroatoms. The lowest BCUT2D eigenvalue weighted by atomic mass is 10.2. The van der Waals surface area contributed by atoms with E-state index in [1.807, 2.05) is 18.2 Å². The van der Waals surface area contributed by atoms with Crippen molar-refractivity contribution in [2.24, 2.45) is 0 Å². The zero-order valence-electron chi connectivity index (χ0n) is 12.9. The molecule has 122 valence electrons. The van der Waals surface area contributed by atoms with Crippen molar-refractivity contribution in [1.82, 2.24) is 10.3 Å². The molecule has 2 aromatic rings. The van der Waals surface area contributed by atoms with E-state index < -0.39 is 0 Å². The summed E-state index contributed by atoms with van der Waals surface area (Å²) in [5.41, 5.74) is 1.34. The minimum atomic E-state index is -0.305. The second-order valence-electron chi connectivity index (χ2n) is 4.99. The first-order valence-corrected chi connectivity index (χ1v) is 8.27. The van der Waals surface area contributed by atoms with Crippen LogP contribution in [0.2, 0.25) is 10.2 Å². The normalized spacial score (nSPS) is 10.4. The molecule has 0 bridgehead atoms. The van der Waals surface area contributed by atoms with E-state index >= 15 is 0 Å². The van der Waals surface area contributed by atoms with Crippen molar-refractivity contribution in [3.8, 4) is 0 Å². The van der Waals surface area contributed by atoms with Crippen molar-refractivity contribution in [3.63, 3.8) is 0 Å². The summed E-state index contributed by atoms with van der Waals surface area (Å²) in [6, 6.07) is 13.3. The highest BCUT2D eigenvalue weighted by Crippen LogP contribution is 2.16. The number of halogens is 2. The Morgan fingerprint density at radius 2 is 1.91 bits per heavy atom. The molecule has 0 aliphatic heterocycles. The number of hydrogen-bond acceptors (Lipinski definition) is 3. The van der Waals surface area contributed by atoms with Crippen LogP contribution in [0.5, 0.6) is 0 Å². The van der Waals surface area contributed by atoms with Crippen LogP contribution >= 0.6 is 23.2 Å². The number of aromatic nitrogens is 1. The van der Waals surface area contributed by atoms with Crippen LogP contribution in [0.1, 0.15) is 23.8 Å². The Hall–Kier alpha value is -1.78. The zero-order chi connectivity index (χ0) is 16.7. The highest BCUT2D eigenvalue weighted by Gasteiger charge is 2.12. The number of nitrogens with zero attached hydrogens (tertiary/aromatic N) is 2. The summed E-state index contributed by atoms with van der Waals surface area (Å²) in [5, 5.41) is 3.38. The van der Waals surface area contributed by atoms with Crippen molar-refractivity contribution in [2.75, 3.05) is 24.5 Å². The van der Waals surface area contributed by atoms with E-state index in [2.05, 4.69) is 34.3 Å². The van der Waals surface area contributed by atoms with Gasteiger partial charge in [-0.15, -0.1) is 0 Å². The smallest absolute Gasteiger partial charge is 0.271 e. The van der Waals surface area contributed by atoms with Gasteiger partial charge in [0, 0.05) is 25.3 Å². The monoisotopic (exact) mass is 351 g/mol. The number of amides is 1. The number of rotatable bonds is 7. The minimum Gasteiger partial charge on any atom is -0.372 e. The minimum absolute atomic E-state index is 0.162. The van der Waals surface area contributed by atoms with E-state index in [1.54, 1.807) is 12.1 Å². The lowest BCUT2D eigenvalue weighted by Gasteiger charge is -2.23.